The summed E-state index contributed by atoms with van der Waals surface area (Å²) >= 11 is 18.1. The summed E-state index contributed by atoms with van der Waals surface area (Å²) in [7, 11) is 0. The maximum atomic E-state index is 12.6. The number of hydrogen-bond donors (Lipinski definition) is 2. The van der Waals surface area contributed by atoms with Crippen LogP contribution in [0.25, 0.3) is 0 Å². The van der Waals surface area contributed by atoms with Crippen LogP contribution in [0.4, 0.5) is 11.4 Å². The molecule has 0 aliphatic carbocycles. The van der Waals surface area contributed by atoms with E-state index in [1.54, 1.807) is 18.2 Å². The van der Waals surface area contributed by atoms with Crippen molar-refractivity contribution >= 4 is 52.1 Å². The topological polar surface area (TPSA) is 55.8 Å². The second-order valence-electron chi connectivity index (χ2n) is 6.42. The zero-order chi connectivity index (χ0) is 19.6. The molecule has 0 spiro atoms. The van der Waals surface area contributed by atoms with Gasteiger partial charge in [0.2, 0.25) is 5.91 Å². The van der Waals surface area contributed by atoms with Crippen molar-refractivity contribution in [2.45, 2.75) is 13.0 Å². The summed E-state index contributed by atoms with van der Waals surface area (Å²) in [5, 5.41) is 13.8. The normalized spacial score (nSPS) is 16.2. The minimum absolute atomic E-state index is 0.161. The minimum atomic E-state index is -0.331. The van der Waals surface area contributed by atoms with E-state index in [4.69, 9.17) is 34.8 Å². The molecular weight excluding hydrogens is 409 g/mol. The lowest BCUT2D eigenvalue weighted by Gasteiger charge is -2.38. The molecule has 2 aromatic carbocycles. The number of phenols is 1. The number of carbonyl (C=O) groups excluding carboxylic acids is 1. The number of aromatic hydroxyl groups is 1. The highest BCUT2D eigenvalue weighted by atomic mass is 35.5. The molecule has 1 aliphatic heterocycles. The molecule has 3 rings (SSSR count). The van der Waals surface area contributed by atoms with Gasteiger partial charge in [-0.1, -0.05) is 46.9 Å². The van der Waals surface area contributed by atoms with Gasteiger partial charge >= 0.3 is 0 Å². The van der Waals surface area contributed by atoms with Crippen molar-refractivity contribution in [2.75, 3.05) is 36.4 Å². The van der Waals surface area contributed by atoms with E-state index < -0.39 is 0 Å². The molecule has 27 heavy (non-hydrogen) atoms. The number of piperazine rings is 1. The van der Waals surface area contributed by atoms with Crippen molar-refractivity contribution < 1.29 is 9.90 Å². The number of amides is 1. The summed E-state index contributed by atoms with van der Waals surface area (Å²) in [5.41, 5.74) is 1.26. The number of benzene rings is 2. The summed E-state index contributed by atoms with van der Waals surface area (Å²) < 4.78 is 0. The number of halogens is 3. The quantitative estimate of drug-likeness (QED) is 0.704. The Balaban J connectivity index is 1.60. The van der Waals surface area contributed by atoms with Crippen molar-refractivity contribution in [2.24, 2.45) is 0 Å². The van der Waals surface area contributed by atoms with Gasteiger partial charge in [-0.05, 0) is 31.2 Å². The third-order valence-electron chi connectivity index (χ3n) is 4.73. The highest BCUT2D eigenvalue weighted by molar-refractivity contribution is 6.44. The van der Waals surface area contributed by atoms with Gasteiger partial charge in [-0.25, -0.2) is 0 Å². The second-order valence-corrected chi connectivity index (χ2v) is 7.64. The Kier molecular flexibility index (Phi) is 6.37. The van der Waals surface area contributed by atoms with Crippen molar-refractivity contribution in [3.63, 3.8) is 0 Å². The summed E-state index contributed by atoms with van der Waals surface area (Å²) in [6.45, 7) is 4.72. The molecule has 5 nitrogen and oxygen atoms in total. The van der Waals surface area contributed by atoms with Gasteiger partial charge in [-0.15, -0.1) is 0 Å². The molecule has 1 aliphatic rings. The van der Waals surface area contributed by atoms with Crippen molar-refractivity contribution in [3.8, 4) is 5.75 Å². The van der Waals surface area contributed by atoms with E-state index in [1.165, 1.54) is 6.07 Å². The van der Waals surface area contributed by atoms with E-state index >= 15 is 0 Å². The first-order chi connectivity index (χ1) is 12.9. The zero-order valence-corrected chi connectivity index (χ0v) is 17.0. The van der Waals surface area contributed by atoms with Crippen LogP contribution >= 0.6 is 34.8 Å². The Morgan fingerprint density at radius 1 is 1.04 bits per heavy atom. The fourth-order valence-corrected chi connectivity index (χ4v) is 3.70. The number of phenolic OH excluding ortho intramolecular Hbond substituents is 1. The maximum absolute atomic E-state index is 12.6. The van der Waals surface area contributed by atoms with Crippen LogP contribution in [0.1, 0.15) is 6.92 Å². The molecular formula is C19H20Cl3N3O2. The van der Waals surface area contributed by atoms with Crippen molar-refractivity contribution in [1.29, 1.82) is 0 Å². The molecule has 1 fully saturated rings. The Morgan fingerprint density at radius 3 is 2.33 bits per heavy atom. The van der Waals surface area contributed by atoms with Crippen LogP contribution in [-0.4, -0.2) is 48.1 Å². The number of nitrogens with one attached hydrogen (secondary N) is 1. The number of nitrogens with zero attached hydrogens (tertiary/aromatic N) is 2. The van der Waals surface area contributed by atoms with E-state index in [0.717, 1.165) is 18.8 Å². The lowest BCUT2D eigenvalue weighted by atomic mass is 10.2. The van der Waals surface area contributed by atoms with Crippen LogP contribution in [0.5, 0.6) is 5.75 Å². The van der Waals surface area contributed by atoms with Gasteiger partial charge in [0.15, 0.2) is 0 Å². The second kappa shape index (κ2) is 8.57. The molecule has 0 unspecified atom stereocenters. The fraction of sp³-hybridized carbons (Fsp3) is 0.316. The lowest BCUT2D eigenvalue weighted by molar-refractivity contribution is -0.120. The fourth-order valence-electron chi connectivity index (χ4n) is 3.10. The molecule has 144 valence electrons. The van der Waals surface area contributed by atoms with Crippen LogP contribution in [0, 0.1) is 0 Å². The molecule has 2 aromatic rings. The maximum Gasteiger partial charge on any atom is 0.241 e. The van der Waals surface area contributed by atoms with E-state index in [0.29, 0.717) is 33.8 Å². The molecule has 0 radical (unpaired) electrons. The van der Waals surface area contributed by atoms with Crippen molar-refractivity contribution in [3.05, 3.63) is 51.5 Å². The van der Waals surface area contributed by atoms with E-state index in [-0.39, 0.29) is 17.7 Å². The Labute approximate surface area is 173 Å². The largest absolute Gasteiger partial charge is 0.506 e. The van der Waals surface area contributed by atoms with Gasteiger partial charge in [0, 0.05) is 26.2 Å². The average Bonchev–Trinajstić information content (AvgIpc) is 2.66. The SMILES string of the molecule is C[C@H](C(=O)Nc1cc(Cl)c(Cl)cc1Cl)N1CCN(c2ccccc2O)CC1. The van der Waals surface area contributed by atoms with Crippen LogP contribution in [-0.2, 0) is 4.79 Å². The van der Waals surface area contributed by atoms with Gasteiger partial charge in [-0.2, -0.15) is 0 Å². The predicted molar refractivity (Wildman–Crippen MR) is 111 cm³/mol. The summed E-state index contributed by atoms with van der Waals surface area (Å²) in [6, 6.07) is 10.0. The molecule has 1 amide bonds. The van der Waals surface area contributed by atoms with Gasteiger partial charge in [-0.3, -0.25) is 9.69 Å². The van der Waals surface area contributed by atoms with Crippen molar-refractivity contribution in [1.82, 2.24) is 4.90 Å². The summed E-state index contributed by atoms with van der Waals surface area (Å²) in [4.78, 5) is 16.8. The molecule has 0 saturated carbocycles. The van der Waals surface area contributed by atoms with Gasteiger partial charge in [0.1, 0.15) is 5.75 Å². The standard InChI is InChI=1S/C19H20Cl3N3O2/c1-12(19(27)23-16-11-14(21)13(20)10-15(16)22)24-6-8-25(9-7-24)17-4-2-3-5-18(17)26/h2-5,10-12,26H,6-9H2,1H3,(H,23,27)/t12-/m1/s1. The first-order valence-electron chi connectivity index (χ1n) is 8.59. The zero-order valence-electron chi connectivity index (χ0n) is 14.8. The average molecular weight is 429 g/mol. The molecule has 1 saturated heterocycles. The van der Waals surface area contributed by atoms with Gasteiger partial charge < -0.3 is 15.3 Å². The molecule has 2 N–H and O–H groups in total. The third-order valence-corrected chi connectivity index (χ3v) is 5.77. The number of hydrogen-bond acceptors (Lipinski definition) is 4. The lowest BCUT2D eigenvalue weighted by Crippen LogP contribution is -2.52. The summed E-state index contributed by atoms with van der Waals surface area (Å²) in [5.74, 6) is 0.109. The highest BCUT2D eigenvalue weighted by Crippen LogP contribution is 2.32. The predicted octanol–water partition coefficient (Wildman–Crippen LogP) is 4.50. The molecule has 1 heterocycles. The summed E-state index contributed by atoms with van der Waals surface area (Å²) in [6.07, 6.45) is 0. The number of para-hydroxylation sites is 2. The van der Waals surface area contributed by atoms with Gasteiger partial charge in [0.25, 0.3) is 0 Å². The first-order valence-corrected chi connectivity index (χ1v) is 9.72. The minimum Gasteiger partial charge on any atom is -0.506 e. The molecule has 0 aromatic heterocycles. The van der Waals surface area contributed by atoms with E-state index in [2.05, 4.69) is 15.1 Å². The number of carbonyl (C=O) groups is 1. The van der Waals surface area contributed by atoms with Crippen LogP contribution in [0.15, 0.2) is 36.4 Å². The van der Waals surface area contributed by atoms with E-state index in [9.17, 15) is 9.90 Å². The Bertz CT molecular complexity index is 839. The van der Waals surface area contributed by atoms with Gasteiger partial charge in [0.05, 0.1) is 32.5 Å². The molecule has 1 atom stereocenters. The van der Waals surface area contributed by atoms with Crippen LogP contribution in [0.3, 0.4) is 0 Å². The number of rotatable bonds is 4. The highest BCUT2D eigenvalue weighted by Gasteiger charge is 2.27. The smallest absolute Gasteiger partial charge is 0.241 e. The Morgan fingerprint density at radius 2 is 1.67 bits per heavy atom. The van der Waals surface area contributed by atoms with Crippen LogP contribution < -0.4 is 10.2 Å². The molecule has 8 heteroatoms. The first kappa shape index (κ1) is 20.1. The van der Waals surface area contributed by atoms with E-state index in [1.807, 2.05) is 19.1 Å². The molecule has 0 bridgehead atoms. The Hall–Kier alpha value is -1.66. The van der Waals surface area contributed by atoms with Crippen LogP contribution in [0.2, 0.25) is 15.1 Å². The third kappa shape index (κ3) is 4.61. The number of anilines is 2. The monoisotopic (exact) mass is 427 g/mol.